The molecule has 2 atom stereocenters. The molecule has 0 aliphatic carbocycles. The summed E-state index contributed by atoms with van der Waals surface area (Å²) in [5, 5.41) is 5.00. The van der Waals surface area contributed by atoms with Crippen LogP contribution in [0.1, 0.15) is 5.56 Å². The third-order valence-corrected chi connectivity index (χ3v) is 3.66. The van der Waals surface area contributed by atoms with Crippen molar-refractivity contribution in [3.63, 3.8) is 0 Å². The number of carbonyl (C=O) groups is 1. The zero-order valence-corrected chi connectivity index (χ0v) is 11.9. The first kappa shape index (κ1) is 16.1. The van der Waals surface area contributed by atoms with Crippen molar-refractivity contribution in [1.82, 2.24) is 5.32 Å². The predicted octanol–water partition coefficient (Wildman–Crippen LogP) is 2.53. The van der Waals surface area contributed by atoms with Crippen molar-refractivity contribution in [3.8, 4) is 0 Å². The molecule has 2 N–H and O–H groups in total. The zero-order chi connectivity index (χ0) is 15.6. The number of hydrogen-bond donors (Lipinski definition) is 2. The number of carbonyl (C=O) groups excluding carboxylic acids is 1. The van der Waals surface area contributed by atoms with Crippen molar-refractivity contribution in [2.45, 2.75) is 12.2 Å². The van der Waals surface area contributed by atoms with Gasteiger partial charge in [0.2, 0.25) is 5.91 Å². The van der Waals surface area contributed by atoms with E-state index in [1.165, 1.54) is 6.07 Å². The van der Waals surface area contributed by atoms with E-state index in [4.69, 9.17) is 16.3 Å². The van der Waals surface area contributed by atoms with Crippen LogP contribution in [0.2, 0.25) is 5.02 Å². The first-order valence-corrected chi connectivity index (χ1v) is 6.63. The van der Waals surface area contributed by atoms with Gasteiger partial charge < -0.3 is 15.4 Å². The highest BCUT2D eigenvalue weighted by molar-refractivity contribution is 6.31. The van der Waals surface area contributed by atoms with Crippen LogP contribution in [0.3, 0.4) is 0 Å². The second-order valence-corrected chi connectivity index (χ2v) is 5.13. The highest BCUT2D eigenvalue weighted by Crippen LogP contribution is 2.36. The Labute approximate surface area is 124 Å². The second-order valence-electron chi connectivity index (χ2n) is 4.72. The number of alkyl halides is 3. The van der Waals surface area contributed by atoms with Gasteiger partial charge in [0.05, 0.1) is 29.7 Å². The van der Waals surface area contributed by atoms with Crippen LogP contribution in [-0.2, 0) is 15.7 Å². The van der Waals surface area contributed by atoms with Gasteiger partial charge in [-0.05, 0) is 25.2 Å². The van der Waals surface area contributed by atoms with Crippen LogP contribution in [0, 0.1) is 5.92 Å². The van der Waals surface area contributed by atoms with Crippen molar-refractivity contribution in [2.24, 2.45) is 5.92 Å². The minimum Gasteiger partial charge on any atom is -0.379 e. The summed E-state index contributed by atoms with van der Waals surface area (Å²) in [6.07, 6.45) is -4.57. The molecular weight excluding hydrogens is 309 g/mol. The Morgan fingerprint density at radius 3 is 2.71 bits per heavy atom. The van der Waals surface area contributed by atoms with E-state index in [1.54, 1.807) is 7.05 Å². The fourth-order valence-electron chi connectivity index (χ4n) is 2.15. The number of benzene rings is 1. The molecular formula is C13H14ClF3N2O2. The molecule has 116 valence electrons. The van der Waals surface area contributed by atoms with Crippen LogP contribution in [0.25, 0.3) is 0 Å². The monoisotopic (exact) mass is 322 g/mol. The SMILES string of the molecule is CNC1COCC1C(=O)Nc1ccc(Cl)c(C(F)(F)F)c1. The Bertz CT molecular complexity index is 537. The summed E-state index contributed by atoms with van der Waals surface area (Å²) < 4.78 is 43.5. The molecule has 2 rings (SSSR count). The van der Waals surface area contributed by atoms with Gasteiger partial charge in [-0.2, -0.15) is 13.2 Å². The fraction of sp³-hybridized carbons (Fsp3) is 0.462. The van der Waals surface area contributed by atoms with Gasteiger partial charge in [0.25, 0.3) is 0 Å². The number of rotatable bonds is 3. The van der Waals surface area contributed by atoms with E-state index in [1.807, 2.05) is 0 Å². The number of halogens is 4. The van der Waals surface area contributed by atoms with Gasteiger partial charge in [-0.25, -0.2) is 0 Å². The third-order valence-electron chi connectivity index (χ3n) is 3.33. The molecule has 0 spiro atoms. The van der Waals surface area contributed by atoms with Crippen molar-refractivity contribution in [1.29, 1.82) is 0 Å². The molecule has 21 heavy (non-hydrogen) atoms. The number of anilines is 1. The lowest BCUT2D eigenvalue weighted by Crippen LogP contribution is -2.39. The van der Waals surface area contributed by atoms with Crippen molar-refractivity contribution < 1.29 is 22.7 Å². The Morgan fingerprint density at radius 2 is 2.10 bits per heavy atom. The van der Waals surface area contributed by atoms with E-state index in [0.717, 1.165) is 12.1 Å². The van der Waals surface area contributed by atoms with Crippen molar-refractivity contribution in [2.75, 3.05) is 25.6 Å². The number of ether oxygens (including phenoxy) is 1. The molecule has 1 aliphatic rings. The second kappa shape index (κ2) is 6.21. The summed E-state index contributed by atoms with van der Waals surface area (Å²) in [7, 11) is 1.70. The molecule has 1 saturated heterocycles. The maximum atomic E-state index is 12.8. The van der Waals surface area contributed by atoms with Gasteiger partial charge in [0.1, 0.15) is 0 Å². The topological polar surface area (TPSA) is 50.4 Å². The van der Waals surface area contributed by atoms with Gasteiger partial charge in [0.15, 0.2) is 0 Å². The number of hydrogen-bond acceptors (Lipinski definition) is 3. The van der Waals surface area contributed by atoms with Crippen molar-refractivity contribution >= 4 is 23.2 Å². The molecule has 0 bridgehead atoms. The molecule has 8 heteroatoms. The fourth-order valence-corrected chi connectivity index (χ4v) is 2.38. The molecule has 1 aliphatic heterocycles. The maximum Gasteiger partial charge on any atom is 0.417 e. The van der Waals surface area contributed by atoms with Crippen LogP contribution in [0.4, 0.5) is 18.9 Å². The third kappa shape index (κ3) is 3.66. The van der Waals surface area contributed by atoms with Crippen LogP contribution in [-0.4, -0.2) is 32.2 Å². The lowest BCUT2D eigenvalue weighted by molar-refractivity contribution is -0.137. The average molecular weight is 323 g/mol. The van der Waals surface area contributed by atoms with Gasteiger partial charge in [-0.1, -0.05) is 11.6 Å². The number of amides is 1. The van der Waals surface area contributed by atoms with E-state index in [2.05, 4.69) is 10.6 Å². The first-order valence-electron chi connectivity index (χ1n) is 6.25. The van der Waals surface area contributed by atoms with Gasteiger partial charge in [-0.3, -0.25) is 4.79 Å². The largest absolute Gasteiger partial charge is 0.417 e. The highest BCUT2D eigenvalue weighted by Gasteiger charge is 2.35. The van der Waals surface area contributed by atoms with E-state index in [9.17, 15) is 18.0 Å². The molecule has 1 fully saturated rings. The van der Waals surface area contributed by atoms with Crippen LogP contribution < -0.4 is 10.6 Å². The smallest absolute Gasteiger partial charge is 0.379 e. The maximum absolute atomic E-state index is 12.8. The standard InChI is InChI=1S/C13H14ClF3N2O2/c1-18-11-6-21-5-8(11)12(20)19-7-2-3-10(14)9(4-7)13(15,16)17/h2-4,8,11,18H,5-6H2,1H3,(H,19,20). The summed E-state index contributed by atoms with van der Waals surface area (Å²) in [5.41, 5.74) is -0.923. The van der Waals surface area contributed by atoms with E-state index in [-0.39, 0.29) is 24.2 Å². The summed E-state index contributed by atoms with van der Waals surface area (Å²) in [4.78, 5) is 12.1. The van der Waals surface area contributed by atoms with Gasteiger partial charge in [0, 0.05) is 11.7 Å². The molecule has 1 aromatic carbocycles. The quantitative estimate of drug-likeness (QED) is 0.899. The zero-order valence-electron chi connectivity index (χ0n) is 11.1. The molecule has 1 heterocycles. The minimum atomic E-state index is -4.57. The van der Waals surface area contributed by atoms with Crippen LogP contribution >= 0.6 is 11.6 Å². The summed E-state index contributed by atoms with van der Waals surface area (Å²) in [6.45, 7) is 0.625. The normalized spacial score (nSPS) is 22.3. The Kier molecular flexibility index (Phi) is 4.75. The number of nitrogens with one attached hydrogen (secondary N) is 2. The average Bonchev–Trinajstić information content (AvgIpc) is 2.88. The van der Waals surface area contributed by atoms with Crippen LogP contribution in [0.5, 0.6) is 0 Å². The Morgan fingerprint density at radius 1 is 1.38 bits per heavy atom. The Hall–Kier alpha value is -1.31. The molecule has 2 unspecified atom stereocenters. The summed E-state index contributed by atoms with van der Waals surface area (Å²) in [6, 6.07) is 3.12. The van der Waals surface area contributed by atoms with Gasteiger partial charge >= 0.3 is 6.18 Å². The van der Waals surface area contributed by atoms with Crippen LogP contribution in [0.15, 0.2) is 18.2 Å². The van der Waals surface area contributed by atoms with Gasteiger partial charge in [-0.15, -0.1) is 0 Å². The molecule has 0 saturated carbocycles. The summed E-state index contributed by atoms with van der Waals surface area (Å²) >= 11 is 5.53. The number of likely N-dealkylation sites (N-methyl/N-ethyl adjacent to an activating group) is 1. The lowest BCUT2D eigenvalue weighted by atomic mass is 10.0. The molecule has 0 radical (unpaired) electrons. The molecule has 1 aromatic rings. The minimum absolute atomic E-state index is 0.0541. The van der Waals surface area contributed by atoms with E-state index in [0.29, 0.717) is 6.61 Å². The molecule has 1 amide bonds. The van der Waals surface area contributed by atoms with E-state index < -0.39 is 22.7 Å². The molecule has 0 aromatic heterocycles. The summed E-state index contributed by atoms with van der Waals surface area (Å²) in [5.74, 6) is -0.831. The highest BCUT2D eigenvalue weighted by atomic mass is 35.5. The lowest BCUT2D eigenvalue weighted by Gasteiger charge is -2.17. The predicted molar refractivity (Wildman–Crippen MR) is 72.2 cm³/mol. The first-order chi connectivity index (χ1) is 9.82. The van der Waals surface area contributed by atoms with Crippen molar-refractivity contribution in [3.05, 3.63) is 28.8 Å². The van der Waals surface area contributed by atoms with E-state index >= 15 is 0 Å². The molecule has 4 nitrogen and oxygen atoms in total. The Balaban J connectivity index is 2.15.